The molecule has 1 aliphatic carbocycles. The predicted octanol–water partition coefficient (Wildman–Crippen LogP) is 2.54. The highest BCUT2D eigenvalue weighted by molar-refractivity contribution is 4.82. The molecule has 0 spiro atoms. The average Bonchev–Trinajstić information content (AvgIpc) is 2.21. The van der Waals surface area contributed by atoms with Gasteiger partial charge in [0.25, 0.3) is 0 Å². The molecule has 0 radical (unpaired) electrons. The summed E-state index contributed by atoms with van der Waals surface area (Å²) in [5.74, 6) is 3.34. The Bertz CT molecular complexity index is 170. The summed E-state index contributed by atoms with van der Waals surface area (Å²) in [6.07, 6.45) is 4.14. The molecule has 1 aliphatic rings. The third-order valence-electron chi connectivity index (χ3n) is 3.97. The summed E-state index contributed by atoms with van der Waals surface area (Å²) in [4.78, 5) is 0. The van der Waals surface area contributed by atoms with E-state index >= 15 is 0 Å². The molecule has 15 heavy (non-hydrogen) atoms. The molecule has 1 N–H and O–H groups in total. The Morgan fingerprint density at radius 2 is 2.00 bits per heavy atom. The lowest BCUT2D eigenvalue weighted by Gasteiger charge is -2.37. The molecule has 1 fully saturated rings. The monoisotopic (exact) mass is 213 g/mol. The molecular formula is C13H27NO. The van der Waals surface area contributed by atoms with Crippen LogP contribution in [0.25, 0.3) is 0 Å². The summed E-state index contributed by atoms with van der Waals surface area (Å²) >= 11 is 0. The van der Waals surface area contributed by atoms with Gasteiger partial charge in [0.15, 0.2) is 0 Å². The van der Waals surface area contributed by atoms with Crippen molar-refractivity contribution in [2.45, 2.75) is 33.1 Å². The first-order valence-corrected chi connectivity index (χ1v) is 6.32. The second-order valence-corrected chi connectivity index (χ2v) is 5.35. The first-order chi connectivity index (χ1) is 7.19. The van der Waals surface area contributed by atoms with E-state index in [1.165, 1.54) is 19.3 Å². The van der Waals surface area contributed by atoms with Gasteiger partial charge in [-0.2, -0.15) is 0 Å². The Labute approximate surface area is 94.8 Å². The van der Waals surface area contributed by atoms with Gasteiger partial charge in [-0.3, -0.25) is 0 Å². The molecule has 0 amide bonds. The lowest BCUT2D eigenvalue weighted by molar-refractivity contribution is 0.0632. The molecule has 1 rings (SSSR count). The third kappa shape index (κ3) is 3.76. The van der Waals surface area contributed by atoms with Crippen LogP contribution in [-0.2, 0) is 4.74 Å². The van der Waals surface area contributed by atoms with E-state index in [1.54, 1.807) is 0 Å². The molecule has 0 saturated heterocycles. The van der Waals surface area contributed by atoms with Crippen LogP contribution in [0.4, 0.5) is 0 Å². The quantitative estimate of drug-likeness (QED) is 0.758. The Morgan fingerprint density at radius 1 is 1.27 bits per heavy atom. The molecule has 0 bridgehead atoms. The number of rotatable bonds is 5. The number of ether oxygens (including phenoxy) is 1. The lowest BCUT2D eigenvalue weighted by atomic mass is 9.71. The Morgan fingerprint density at radius 3 is 2.53 bits per heavy atom. The molecule has 3 unspecified atom stereocenters. The second kappa shape index (κ2) is 6.49. The molecule has 90 valence electrons. The zero-order chi connectivity index (χ0) is 11.3. The maximum absolute atomic E-state index is 5.36. The smallest absolute Gasteiger partial charge is 0.0493 e. The molecule has 0 aromatic carbocycles. The van der Waals surface area contributed by atoms with Crippen molar-refractivity contribution in [2.75, 3.05) is 27.3 Å². The molecule has 2 heteroatoms. The summed E-state index contributed by atoms with van der Waals surface area (Å²) in [5.41, 5.74) is 0. The van der Waals surface area contributed by atoms with E-state index < -0.39 is 0 Å². The first-order valence-electron chi connectivity index (χ1n) is 6.32. The van der Waals surface area contributed by atoms with Crippen LogP contribution < -0.4 is 5.32 Å². The Balaban J connectivity index is 2.48. The third-order valence-corrected chi connectivity index (χ3v) is 3.97. The van der Waals surface area contributed by atoms with Crippen molar-refractivity contribution in [2.24, 2.45) is 23.7 Å². The summed E-state index contributed by atoms with van der Waals surface area (Å²) < 4.78 is 5.36. The van der Waals surface area contributed by atoms with Crippen molar-refractivity contribution in [1.82, 2.24) is 5.32 Å². The molecule has 2 nitrogen and oxygen atoms in total. The highest BCUT2D eigenvalue weighted by Crippen LogP contribution is 2.37. The topological polar surface area (TPSA) is 21.3 Å². The van der Waals surface area contributed by atoms with Crippen molar-refractivity contribution >= 4 is 0 Å². The van der Waals surface area contributed by atoms with Gasteiger partial charge in [0.05, 0.1) is 0 Å². The normalized spacial score (nSPS) is 32.2. The van der Waals surface area contributed by atoms with Crippen LogP contribution in [0.5, 0.6) is 0 Å². The lowest BCUT2D eigenvalue weighted by Crippen LogP contribution is -2.35. The van der Waals surface area contributed by atoms with Crippen LogP contribution in [0.3, 0.4) is 0 Å². The van der Waals surface area contributed by atoms with Crippen LogP contribution in [0.1, 0.15) is 33.1 Å². The number of methoxy groups -OCH3 is 1. The number of nitrogens with one attached hydrogen (secondary N) is 1. The fourth-order valence-corrected chi connectivity index (χ4v) is 2.92. The van der Waals surface area contributed by atoms with E-state index in [0.29, 0.717) is 0 Å². The minimum absolute atomic E-state index is 0.767. The van der Waals surface area contributed by atoms with Crippen molar-refractivity contribution < 1.29 is 4.74 Å². The predicted molar refractivity (Wildman–Crippen MR) is 65.0 cm³/mol. The van der Waals surface area contributed by atoms with E-state index in [9.17, 15) is 0 Å². The summed E-state index contributed by atoms with van der Waals surface area (Å²) in [6, 6.07) is 0. The van der Waals surface area contributed by atoms with Crippen LogP contribution in [0, 0.1) is 23.7 Å². The summed E-state index contributed by atoms with van der Waals surface area (Å²) in [6.45, 7) is 6.80. The fourth-order valence-electron chi connectivity index (χ4n) is 2.92. The molecule has 0 aliphatic heterocycles. The van der Waals surface area contributed by atoms with Gasteiger partial charge in [-0.05, 0) is 56.5 Å². The Hall–Kier alpha value is -0.0800. The van der Waals surface area contributed by atoms with Crippen molar-refractivity contribution in [3.05, 3.63) is 0 Å². The van der Waals surface area contributed by atoms with Crippen molar-refractivity contribution in [3.8, 4) is 0 Å². The van der Waals surface area contributed by atoms with Gasteiger partial charge in [-0.1, -0.05) is 13.8 Å². The Kier molecular flexibility index (Phi) is 5.62. The molecular weight excluding hydrogens is 186 g/mol. The standard InChI is InChI=1S/C13H27NO/c1-10(2)11-5-6-12(8-14-3)13(7-11)9-15-4/h10-14H,5-9H2,1-4H3. The maximum atomic E-state index is 5.36. The van der Waals surface area contributed by atoms with Gasteiger partial charge in [-0.15, -0.1) is 0 Å². The number of hydrogen-bond acceptors (Lipinski definition) is 2. The minimum atomic E-state index is 0.767. The van der Waals surface area contributed by atoms with Gasteiger partial charge in [-0.25, -0.2) is 0 Å². The summed E-state index contributed by atoms with van der Waals surface area (Å²) in [5, 5.41) is 3.31. The highest BCUT2D eigenvalue weighted by Gasteiger charge is 2.31. The van der Waals surface area contributed by atoms with Gasteiger partial charge in [0.2, 0.25) is 0 Å². The van der Waals surface area contributed by atoms with Gasteiger partial charge < -0.3 is 10.1 Å². The summed E-state index contributed by atoms with van der Waals surface area (Å²) in [7, 11) is 3.88. The van der Waals surface area contributed by atoms with E-state index in [4.69, 9.17) is 4.74 Å². The van der Waals surface area contributed by atoms with Crippen LogP contribution in [-0.4, -0.2) is 27.3 Å². The SMILES string of the molecule is CNCC1CCC(C(C)C)CC1COC. The molecule has 0 aromatic rings. The van der Waals surface area contributed by atoms with Crippen LogP contribution in [0.2, 0.25) is 0 Å². The zero-order valence-electron chi connectivity index (χ0n) is 10.8. The minimum Gasteiger partial charge on any atom is -0.384 e. The fraction of sp³-hybridized carbons (Fsp3) is 1.00. The average molecular weight is 213 g/mol. The second-order valence-electron chi connectivity index (χ2n) is 5.35. The van der Waals surface area contributed by atoms with Crippen LogP contribution >= 0.6 is 0 Å². The maximum Gasteiger partial charge on any atom is 0.0493 e. The van der Waals surface area contributed by atoms with E-state index in [1.807, 2.05) is 7.11 Å². The number of hydrogen-bond donors (Lipinski definition) is 1. The van der Waals surface area contributed by atoms with E-state index in [0.717, 1.165) is 36.8 Å². The van der Waals surface area contributed by atoms with Crippen LogP contribution in [0.15, 0.2) is 0 Å². The van der Waals surface area contributed by atoms with Crippen molar-refractivity contribution in [1.29, 1.82) is 0 Å². The largest absolute Gasteiger partial charge is 0.384 e. The molecule has 0 aromatic heterocycles. The van der Waals surface area contributed by atoms with Crippen molar-refractivity contribution in [3.63, 3.8) is 0 Å². The van der Waals surface area contributed by atoms with Gasteiger partial charge in [0, 0.05) is 13.7 Å². The molecule has 1 saturated carbocycles. The van der Waals surface area contributed by atoms with E-state index in [-0.39, 0.29) is 0 Å². The molecule has 3 atom stereocenters. The first kappa shape index (κ1) is 13.0. The highest BCUT2D eigenvalue weighted by atomic mass is 16.5. The van der Waals surface area contributed by atoms with Gasteiger partial charge >= 0.3 is 0 Å². The van der Waals surface area contributed by atoms with E-state index in [2.05, 4.69) is 26.2 Å². The zero-order valence-corrected chi connectivity index (χ0v) is 10.8. The molecule has 0 heterocycles. The van der Waals surface area contributed by atoms with Gasteiger partial charge in [0.1, 0.15) is 0 Å².